The van der Waals surface area contributed by atoms with Crippen LogP contribution in [0.5, 0.6) is 17.2 Å². The van der Waals surface area contributed by atoms with Gasteiger partial charge in [-0.3, -0.25) is 19.2 Å². The normalized spacial score (nSPS) is 9.57. The molecule has 1 amide bonds. The average Bonchev–Trinajstić information content (AvgIpc) is 3.57. The number of phenols is 1. The first-order chi connectivity index (χ1) is 38.6. The van der Waals surface area contributed by atoms with Crippen molar-refractivity contribution in [2.45, 2.75) is 65.6 Å². The van der Waals surface area contributed by atoms with E-state index in [2.05, 4.69) is 33.0 Å². The third kappa shape index (κ3) is 26.3. The standard InChI is InChI=1S/C28H31NO4.C17H16O4.C10H11BrO2.C7H6O2.CH2O3.2K.H/c1-21-10-7-15-25(27(21)28(31)32-3)20-33-26-16-8-13-24(18-26)19-29(22(2)30)17-9-14-23-11-5-4-6-12-23;1-12-5-3-7-14(16(12)17(19)20-2)11-21-15-8-4-6-13(9-15)10-18;1-7-4-3-5-8(6-11)9(7)10(12)13-2;8-5-6-2-1-3-7(9)4-6;2-1-4-3;;;/h4-8,10-13,15-16,18H,9,14,17,19-20H2,1-3H3;3-10H,11H2,1-2H3;3-5H,6H2,1-2H3;1-5,9H;1,3H;;;/q;;;;;2*+1;-1/p-1. The number of benzene rings is 7. The molecule has 0 aliphatic carbocycles. The second-order valence-corrected chi connectivity index (χ2v) is 17.8. The Labute approximate surface area is 574 Å². The van der Waals surface area contributed by atoms with Gasteiger partial charge in [0.15, 0.2) is 0 Å². The molecule has 7 aromatic carbocycles. The summed E-state index contributed by atoms with van der Waals surface area (Å²) in [6.07, 6.45) is 3.30. The minimum Gasteiger partial charge on any atom is -1.00 e. The van der Waals surface area contributed by atoms with Gasteiger partial charge in [0.05, 0.1) is 38.0 Å². The molecular formula is C63H66BrK2NO15. The van der Waals surface area contributed by atoms with Gasteiger partial charge in [0.1, 0.15) is 43.0 Å². The minimum absolute atomic E-state index is 0. The van der Waals surface area contributed by atoms with Gasteiger partial charge in [-0.25, -0.2) is 14.4 Å². The van der Waals surface area contributed by atoms with Crippen LogP contribution in [0.25, 0.3) is 0 Å². The zero-order valence-corrected chi connectivity index (χ0v) is 55.5. The fourth-order valence-corrected chi connectivity index (χ4v) is 8.21. The SMILES string of the molecule is COC(=O)c1c(C)cccc1CBr.COC(=O)c1c(C)cccc1COc1cccc(C=O)c1.COC(=O)c1c(C)cccc1COc1cccc(CN(CCCc2ccccc2)C(C)=O)c1.O=CO[O-].O=Cc1cccc(O)c1.[H-].[K+].[K+]. The molecule has 0 fully saturated rings. The van der Waals surface area contributed by atoms with E-state index in [-0.39, 0.29) is 153 Å². The van der Waals surface area contributed by atoms with Gasteiger partial charge in [0, 0.05) is 47.6 Å². The maximum atomic E-state index is 12.2. The number of ether oxygens (including phenoxy) is 5. The van der Waals surface area contributed by atoms with Crippen molar-refractivity contribution in [3.8, 4) is 17.2 Å². The maximum Gasteiger partial charge on any atom is 1.00 e. The van der Waals surface area contributed by atoms with Gasteiger partial charge in [0.25, 0.3) is 6.47 Å². The molecule has 0 aromatic heterocycles. The number of halogens is 1. The van der Waals surface area contributed by atoms with Gasteiger partial charge < -0.3 is 45.3 Å². The molecule has 0 aliphatic heterocycles. The minimum atomic E-state index is -0.381. The molecule has 0 radical (unpaired) electrons. The fourth-order valence-electron chi connectivity index (χ4n) is 7.74. The molecule has 0 spiro atoms. The van der Waals surface area contributed by atoms with Gasteiger partial charge in [-0.15, -0.1) is 0 Å². The van der Waals surface area contributed by atoms with Gasteiger partial charge in [-0.1, -0.05) is 137 Å². The van der Waals surface area contributed by atoms with Crippen molar-refractivity contribution in [2.75, 3.05) is 27.9 Å². The van der Waals surface area contributed by atoms with Crippen molar-refractivity contribution >= 4 is 58.8 Å². The van der Waals surface area contributed by atoms with Gasteiger partial charge in [-0.05, 0) is 103 Å². The first-order valence-corrected chi connectivity index (χ1v) is 25.9. The molecule has 0 saturated carbocycles. The van der Waals surface area contributed by atoms with Crippen molar-refractivity contribution < 1.29 is 177 Å². The Balaban J connectivity index is 0.00000115. The molecule has 0 atom stereocenters. The zero-order valence-electron chi connectivity index (χ0n) is 48.7. The molecule has 0 saturated heterocycles. The van der Waals surface area contributed by atoms with E-state index in [0.717, 1.165) is 58.1 Å². The number of phenolic OH excluding ortho intramolecular Hbond substituents is 1. The molecule has 7 aromatic rings. The third-order valence-corrected chi connectivity index (χ3v) is 12.3. The molecule has 0 bridgehead atoms. The first-order valence-electron chi connectivity index (χ1n) is 24.8. The molecule has 82 heavy (non-hydrogen) atoms. The van der Waals surface area contributed by atoms with E-state index >= 15 is 0 Å². The van der Waals surface area contributed by atoms with E-state index in [1.165, 1.54) is 39.0 Å². The Bertz CT molecular complexity index is 3130. The van der Waals surface area contributed by atoms with Crippen LogP contribution in [0.15, 0.2) is 158 Å². The topological polar surface area (TPSA) is 221 Å². The van der Waals surface area contributed by atoms with Gasteiger partial charge in [0.2, 0.25) is 5.91 Å². The maximum absolute atomic E-state index is 12.2. The Morgan fingerprint density at radius 3 is 1.40 bits per heavy atom. The number of aryl methyl sites for hydroxylation is 4. The quantitative estimate of drug-likeness (QED) is 0.0215. The van der Waals surface area contributed by atoms with Crippen LogP contribution in [-0.4, -0.2) is 80.7 Å². The fraction of sp³-hybridized carbons (Fsp3) is 0.222. The molecule has 19 heteroatoms. The number of aromatic hydroxyl groups is 1. The summed E-state index contributed by atoms with van der Waals surface area (Å²) in [4.78, 5) is 81.5. The second-order valence-electron chi connectivity index (χ2n) is 17.3. The number of hydrogen-bond acceptors (Lipinski definition) is 15. The summed E-state index contributed by atoms with van der Waals surface area (Å²) in [7, 11) is 4.13. The van der Waals surface area contributed by atoms with Crippen molar-refractivity contribution in [2.24, 2.45) is 0 Å². The summed E-state index contributed by atoms with van der Waals surface area (Å²) >= 11 is 3.33. The van der Waals surface area contributed by atoms with Crippen LogP contribution in [0.1, 0.15) is 111 Å². The summed E-state index contributed by atoms with van der Waals surface area (Å²) < 4.78 is 26.1. The number of alkyl halides is 1. The van der Waals surface area contributed by atoms with Crippen LogP contribution in [0.3, 0.4) is 0 Å². The molecule has 7 rings (SSSR count). The van der Waals surface area contributed by atoms with Crippen molar-refractivity contribution in [3.05, 3.63) is 230 Å². The largest absolute Gasteiger partial charge is 1.00 e. The number of carbonyl (C=O) groups excluding carboxylic acids is 7. The predicted octanol–water partition coefficient (Wildman–Crippen LogP) is 4.95. The predicted molar refractivity (Wildman–Crippen MR) is 305 cm³/mol. The van der Waals surface area contributed by atoms with E-state index in [1.54, 1.807) is 43.3 Å². The van der Waals surface area contributed by atoms with E-state index in [9.17, 15) is 28.8 Å². The van der Waals surface area contributed by atoms with Crippen LogP contribution in [0.2, 0.25) is 0 Å². The van der Waals surface area contributed by atoms with Crippen molar-refractivity contribution in [1.29, 1.82) is 0 Å². The van der Waals surface area contributed by atoms with Gasteiger partial charge in [-0.2, -0.15) is 0 Å². The summed E-state index contributed by atoms with van der Waals surface area (Å²) in [5.74, 6) is 0.431. The molecule has 0 aliphatic rings. The Kier molecular flexibility index (Phi) is 38.3. The van der Waals surface area contributed by atoms with Crippen LogP contribution in [0, 0.1) is 20.8 Å². The van der Waals surface area contributed by atoms with E-state index in [4.69, 9.17) is 38.8 Å². The molecule has 16 nitrogen and oxygen atoms in total. The number of amides is 1. The Morgan fingerprint density at radius 2 is 0.976 bits per heavy atom. The van der Waals surface area contributed by atoms with Crippen molar-refractivity contribution in [1.82, 2.24) is 4.90 Å². The first kappa shape index (κ1) is 74.4. The Morgan fingerprint density at radius 1 is 0.561 bits per heavy atom. The van der Waals surface area contributed by atoms with Crippen LogP contribution >= 0.6 is 15.9 Å². The Hall–Kier alpha value is -5.66. The summed E-state index contributed by atoms with van der Waals surface area (Å²) in [6, 6.07) is 48.0. The van der Waals surface area contributed by atoms with E-state index < -0.39 is 0 Å². The third-order valence-electron chi connectivity index (χ3n) is 11.7. The monoisotopic (exact) mass is 1230 g/mol. The summed E-state index contributed by atoms with van der Waals surface area (Å²) in [5, 5.41) is 17.9. The molecule has 0 unspecified atom stereocenters. The summed E-state index contributed by atoms with van der Waals surface area (Å²) in [6.45, 7) is 8.76. The van der Waals surface area contributed by atoms with Crippen molar-refractivity contribution in [3.63, 3.8) is 0 Å². The van der Waals surface area contributed by atoms with E-state index in [1.807, 2.05) is 123 Å². The number of aldehydes is 2. The number of rotatable bonds is 19. The summed E-state index contributed by atoms with van der Waals surface area (Å²) in [5.41, 5.74) is 10.2. The van der Waals surface area contributed by atoms with Crippen LogP contribution in [0.4, 0.5) is 0 Å². The molecular weight excluding hydrogens is 1170 g/mol. The molecule has 0 heterocycles. The number of carbonyl (C=O) groups is 7. The van der Waals surface area contributed by atoms with Gasteiger partial charge >= 0.3 is 121 Å². The number of methoxy groups -OCH3 is 3. The molecule has 1 N–H and O–H groups in total. The average molecular weight is 1240 g/mol. The van der Waals surface area contributed by atoms with Crippen LogP contribution in [-0.2, 0) is 60.2 Å². The number of nitrogens with zero attached hydrogens (tertiary/aromatic N) is 1. The number of esters is 3. The smallest absolute Gasteiger partial charge is 1.00 e. The second kappa shape index (κ2) is 42.2. The zero-order chi connectivity index (χ0) is 58.8. The van der Waals surface area contributed by atoms with Crippen LogP contribution < -0.4 is 118 Å². The molecule has 422 valence electrons. The van der Waals surface area contributed by atoms with E-state index in [0.29, 0.717) is 64.0 Å². The number of hydrogen-bond donors (Lipinski definition) is 1.